The molecular weight excluding hydrogens is 306 g/mol. The molecule has 2 rings (SSSR count). The first-order valence-corrected chi connectivity index (χ1v) is 8.21. The average molecular weight is 331 g/mol. The van der Waals surface area contributed by atoms with Gasteiger partial charge >= 0.3 is 0 Å². The van der Waals surface area contributed by atoms with Crippen molar-refractivity contribution in [1.82, 2.24) is 16.0 Å². The Bertz CT molecular complexity index is 592. The second kappa shape index (κ2) is 8.90. The van der Waals surface area contributed by atoms with E-state index in [4.69, 9.17) is 5.73 Å². The van der Waals surface area contributed by atoms with Gasteiger partial charge in [-0.05, 0) is 30.5 Å². The van der Waals surface area contributed by atoms with E-state index < -0.39 is 5.91 Å². The second-order valence-corrected chi connectivity index (χ2v) is 5.90. The molecule has 24 heavy (non-hydrogen) atoms. The molecule has 0 bridgehead atoms. The van der Waals surface area contributed by atoms with Gasteiger partial charge in [-0.3, -0.25) is 14.6 Å². The third-order valence-corrected chi connectivity index (χ3v) is 4.02. The first-order valence-electron chi connectivity index (χ1n) is 8.21. The first kappa shape index (κ1) is 17.8. The number of carbonyl (C=O) groups is 2. The van der Waals surface area contributed by atoms with E-state index in [1.54, 1.807) is 19.2 Å². The van der Waals surface area contributed by atoms with Gasteiger partial charge in [0.2, 0.25) is 5.91 Å². The van der Waals surface area contributed by atoms with Gasteiger partial charge in [0.05, 0.1) is 6.54 Å². The monoisotopic (exact) mass is 331 g/mol. The minimum atomic E-state index is -0.565. The SMILES string of the molecule is CN=C(NCc1ccc(C(=O)NCC(N)=O)cc1)NC1CCCC1. The molecule has 1 aliphatic rings. The van der Waals surface area contributed by atoms with Crippen molar-refractivity contribution in [2.75, 3.05) is 13.6 Å². The van der Waals surface area contributed by atoms with Crippen LogP contribution in [0.15, 0.2) is 29.3 Å². The zero-order valence-electron chi connectivity index (χ0n) is 14.0. The summed E-state index contributed by atoms with van der Waals surface area (Å²) >= 11 is 0. The number of rotatable bonds is 6. The Kier molecular flexibility index (Phi) is 6.60. The summed E-state index contributed by atoms with van der Waals surface area (Å²) in [7, 11) is 1.76. The van der Waals surface area contributed by atoms with Gasteiger partial charge in [-0.25, -0.2) is 0 Å². The molecule has 5 N–H and O–H groups in total. The molecule has 0 heterocycles. The van der Waals surface area contributed by atoms with E-state index in [0.29, 0.717) is 18.2 Å². The summed E-state index contributed by atoms with van der Waals surface area (Å²) in [5, 5.41) is 9.16. The Morgan fingerprint density at radius 2 is 1.83 bits per heavy atom. The van der Waals surface area contributed by atoms with E-state index in [9.17, 15) is 9.59 Å². The van der Waals surface area contributed by atoms with Crippen molar-refractivity contribution in [2.45, 2.75) is 38.3 Å². The number of aliphatic imine (C=N–C) groups is 1. The zero-order chi connectivity index (χ0) is 17.4. The highest BCUT2D eigenvalue weighted by molar-refractivity contribution is 5.96. The predicted molar refractivity (Wildman–Crippen MR) is 93.6 cm³/mol. The molecule has 2 amide bonds. The molecule has 1 aromatic rings. The average Bonchev–Trinajstić information content (AvgIpc) is 3.10. The third-order valence-electron chi connectivity index (χ3n) is 4.02. The van der Waals surface area contributed by atoms with E-state index in [1.807, 2.05) is 12.1 Å². The van der Waals surface area contributed by atoms with E-state index in [1.165, 1.54) is 25.7 Å². The lowest BCUT2D eigenvalue weighted by molar-refractivity contribution is -0.117. The van der Waals surface area contributed by atoms with Crippen molar-refractivity contribution in [3.05, 3.63) is 35.4 Å². The van der Waals surface area contributed by atoms with Gasteiger partial charge in [-0.15, -0.1) is 0 Å². The van der Waals surface area contributed by atoms with Crippen molar-refractivity contribution in [2.24, 2.45) is 10.7 Å². The van der Waals surface area contributed by atoms with Crippen LogP contribution in [-0.4, -0.2) is 37.4 Å². The lowest BCUT2D eigenvalue weighted by Crippen LogP contribution is -2.41. The van der Waals surface area contributed by atoms with Gasteiger partial charge in [-0.2, -0.15) is 0 Å². The van der Waals surface area contributed by atoms with Crippen LogP contribution in [0.2, 0.25) is 0 Å². The fourth-order valence-electron chi connectivity index (χ4n) is 2.69. The summed E-state index contributed by atoms with van der Waals surface area (Å²) in [6.07, 6.45) is 4.92. The summed E-state index contributed by atoms with van der Waals surface area (Å²) in [6, 6.07) is 7.69. The van der Waals surface area contributed by atoms with Crippen molar-refractivity contribution >= 4 is 17.8 Å². The van der Waals surface area contributed by atoms with E-state index >= 15 is 0 Å². The number of nitrogens with zero attached hydrogens (tertiary/aromatic N) is 1. The largest absolute Gasteiger partial charge is 0.368 e. The van der Waals surface area contributed by atoms with Crippen molar-refractivity contribution in [3.8, 4) is 0 Å². The highest BCUT2D eigenvalue weighted by Crippen LogP contribution is 2.17. The van der Waals surface area contributed by atoms with Crippen LogP contribution in [0.3, 0.4) is 0 Å². The summed E-state index contributed by atoms with van der Waals surface area (Å²) in [5.41, 5.74) is 6.53. The van der Waals surface area contributed by atoms with E-state index in [0.717, 1.165) is 11.5 Å². The highest BCUT2D eigenvalue weighted by atomic mass is 16.2. The molecule has 1 saturated carbocycles. The molecular formula is C17H25N5O2. The Morgan fingerprint density at radius 3 is 2.42 bits per heavy atom. The minimum Gasteiger partial charge on any atom is -0.368 e. The number of hydrogen-bond acceptors (Lipinski definition) is 3. The highest BCUT2D eigenvalue weighted by Gasteiger charge is 2.15. The summed E-state index contributed by atoms with van der Waals surface area (Å²) in [5.74, 6) is -0.0810. The van der Waals surface area contributed by atoms with Gasteiger partial charge in [0.15, 0.2) is 5.96 Å². The van der Waals surface area contributed by atoms with Crippen LogP contribution in [-0.2, 0) is 11.3 Å². The minimum absolute atomic E-state index is 0.161. The normalized spacial score (nSPS) is 15.1. The maximum absolute atomic E-state index is 11.8. The molecule has 130 valence electrons. The number of nitrogens with two attached hydrogens (primary N) is 1. The van der Waals surface area contributed by atoms with Crippen LogP contribution >= 0.6 is 0 Å². The van der Waals surface area contributed by atoms with E-state index in [2.05, 4.69) is 20.9 Å². The van der Waals surface area contributed by atoms with Crippen LogP contribution < -0.4 is 21.7 Å². The summed E-state index contributed by atoms with van der Waals surface area (Å²) in [4.78, 5) is 26.7. The summed E-state index contributed by atoms with van der Waals surface area (Å²) in [6.45, 7) is 0.459. The number of benzene rings is 1. The molecule has 0 unspecified atom stereocenters. The van der Waals surface area contributed by atoms with Crippen LogP contribution in [0.1, 0.15) is 41.6 Å². The standard InChI is InChI=1S/C17H25N5O2/c1-19-17(22-14-4-2-3-5-14)21-10-12-6-8-13(9-7-12)16(24)20-11-15(18)23/h6-9,14H,2-5,10-11H2,1H3,(H2,18,23)(H,20,24)(H2,19,21,22). The molecule has 1 fully saturated rings. The first-order chi connectivity index (χ1) is 11.6. The van der Waals surface area contributed by atoms with Gasteiger partial charge in [0, 0.05) is 25.2 Å². The number of nitrogens with one attached hydrogen (secondary N) is 3. The molecule has 1 aliphatic carbocycles. The van der Waals surface area contributed by atoms with Gasteiger partial charge < -0.3 is 21.7 Å². The number of hydrogen-bond donors (Lipinski definition) is 4. The molecule has 0 atom stereocenters. The molecule has 0 radical (unpaired) electrons. The van der Waals surface area contributed by atoms with Crippen LogP contribution in [0, 0.1) is 0 Å². The second-order valence-electron chi connectivity index (χ2n) is 5.90. The smallest absolute Gasteiger partial charge is 0.251 e. The quantitative estimate of drug-likeness (QED) is 0.450. The molecule has 7 nitrogen and oxygen atoms in total. The number of amides is 2. The number of primary amides is 1. The lowest BCUT2D eigenvalue weighted by Gasteiger charge is -2.17. The Morgan fingerprint density at radius 1 is 1.17 bits per heavy atom. The number of carbonyl (C=O) groups excluding carboxylic acids is 2. The van der Waals surface area contributed by atoms with Gasteiger partial charge in [-0.1, -0.05) is 25.0 Å². The number of guanidine groups is 1. The van der Waals surface area contributed by atoms with Crippen molar-refractivity contribution in [1.29, 1.82) is 0 Å². The summed E-state index contributed by atoms with van der Waals surface area (Å²) < 4.78 is 0. The Hall–Kier alpha value is -2.57. The molecule has 0 spiro atoms. The predicted octanol–water partition coefficient (Wildman–Crippen LogP) is 0.509. The topological polar surface area (TPSA) is 109 Å². The fourth-order valence-corrected chi connectivity index (χ4v) is 2.69. The van der Waals surface area contributed by atoms with Crippen LogP contribution in [0.25, 0.3) is 0 Å². The Balaban J connectivity index is 1.82. The maximum Gasteiger partial charge on any atom is 0.251 e. The van der Waals surface area contributed by atoms with Gasteiger partial charge in [0.1, 0.15) is 0 Å². The van der Waals surface area contributed by atoms with E-state index in [-0.39, 0.29) is 12.5 Å². The van der Waals surface area contributed by atoms with Crippen LogP contribution in [0.4, 0.5) is 0 Å². The Labute approximate surface area is 142 Å². The molecule has 7 heteroatoms. The fraction of sp³-hybridized carbons (Fsp3) is 0.471. The zero-order valence-corrected chi connectivity index (χ0v) is 14.0. The third kappa shape index (κ3) is 5.57. The molecule has 1 aromatic carbocycles. The van der Waals surface area contributed by atoms with Crippen LogP contribution in [0.5, 0.6) is 0 Å². The maximum atomic E-state index is 11.8. The molecule has 0 aliphatic heterocycles. The molecule has 0 aromatic heterocycles. The molecule has 0 saturated heterocycles. The van der Waals surface area contributed by atoms with Gasteiger partial charge in [0.25, 0.3) is 5.91 Å². The van der Waals surface area contributed by atoms with Crippen molar-refractivity contribution < 1.29 is 9.59 Å². The lowest BCUT2D eigenvalue weighted by atomic mass is 10.1. The van der Waals surface area contributed by atoms with Crippen molar-refractivity contribution in [3.63, 3.8) is 0 Å².